The number of amides is 4. The lowest BCUT2D eigenvalue weighted by Crippen LogP contribution is -2.64. The minimum Gasteiger partial charge on any atom is -0.394 e. The van der Waals surface area contributed by atoms with Crippen molar-refractivity contribution in [2.45, 2.75) is 320 Å². The van der Waals surface area contributed by atoms with Gasteiger partial charge in [0.1, 0.15) is 42.6 Å². The van der Waals surface area contributed by atoms with E-state index in [9.17, 15) is 44.4 Å². The Morgan fingerprint density at radius 3 is 1.38 bits per heavy atom. The van der Waals surface area contributed by atoms with E-state index in [-0.39, 0.29) is 57.6 Å². The number of ketones is 1. The fourth-order valence-electron chi connectivity index (χ4n) is 12.9. The number of allylic oxidation sites excluding steroid dienone is 8. The average molecular weight is 1480 g/mol. The first-order valence-corrected chi connectivity index (χ1v) is 40.4. The van der Waals surface area contributed by atoms with Crippen LogP contribution in [0.25, 0.3) is 0 Å². The van der Waals surface area contributed by atoms with Crippen molar-refractivity contribution in [2.24, 2.45) is 0 Å². The summed E-state index contributed by atoms with van der Waals surface area (Å²) in [6, 6.07) is -2.05. The molecule has 602 valence electrons. The highest BCUT2D eigenvalue weighted by atomic mass is 16.7. The van der Waals surface area contributed by atoms with Gasteiger partial charge in [-0.3, -0.25) is 24.0 Å². The molecule has 24 heteroatoms. The molecule has 0 aromatic heterocycles. The van der Waals surface area contributed by atoms with Crippen LogP contribution in [0, 0.1) is 0 Å². The summed E-state index contributed by atoms with van der Waals surface area (Å²) in [4.78, 5) is 63.8. The third-order valence-electron chi connectivity index (χ3n) is 18.8. The summed E-state index contributed by atoms with van der Waals surface area (Å²) in [7, 11) is 0. The number of Topliss-reactive ketones (excluding diaryl/α,β-unsaturated/α-hetero) is 1. The molecule has 3 saturated heterocycles. The molecule has 8 N–H and O–H groups in total. The minimum absolute atomic E-state index is 0.0205. The number of nitrogens with one attached hydrogen (secondary N) is 4. The van der Waals surface area contributed by atoms with E-state index in [0.29, 0.717) is 59.0 Å². The second-order valence-corrected chi connectivity index (χ2v) is 28.1. The quantitative estimate of drug-likeness (QED) is 0.0207. The van der Waals surface area contributed by atoms with Gasteiger partial charge in [-0.2, -0.15) is 0 Å². The number of carbonyl (C=O) groups excluding carboxylic acids is 5. The Kier molecular flexibility index (Phi) is 56.8. The van der Waals surface area contributed by atoms with Gasteiger partial charge in [0, 0.05) is 59.2 Å². The van der Waals surface area contributed by atoms with Gasteiger partial charge < -0.3 is 94.0 Å². The molecular weight excluding hydrogens is 1330 g/mol. The molecule has 0 bridgehead atoms. The molecule has 0 spiro atoms. The van der Waals surface area contributed by atoms with Crippen LogP contribution in [0.1, 0.15) is 253 Å². The predicted molar refractivity (Wildman–Crippen MR) is 404 cm³/mol. The van der Waals surface area contributed by atoms with Gasteiger partial charge in [0.05, 0.1) is 85.4 Å². The summed E-state index contributed by atoms with van der Waals surface area (Å²) < 4.78 is 58.9. The van der Waals surface area contributed by atoms with Crippen molar-refractivity contribution in [3.63, 3.8) is 0 Å². The molecule has 10 atom stereocenters. The van der Waals surface area contributed by atoms with Crippen LogP contribution in [-0.4, -0.2) is 234 Å². The number of aliphatic hydroxyl groups is 4. The van der Waals surface area contributed by atoms with Crippen LogP contribution in [0.3, 0.4) is 0 Å². The third kappa shape index (κ3) is 46.3. The second-order valence-electron chi connectivity index (χ2n) is 28.1. The highest BCUT2D eigenvalue weighted by Crippen LogP contribution is 2.35. The molecule has 0 saturated carbocycles. The van der Waals surface area contributed by atoms with Gasteiger partial charge in [0.15, 0.2) is 24.2 Å². The highest BCUT2D eigenvalue weighted by molar-refractivity contribution is 5.89. The summed E-state index contributed by atoms with van der Waals surface area (Å²) in [6.45, 7) is 14.2. The van der Waals surface area contributed by atoms with Crippen LogP contribution in [0.15, 0.2) is 48.6 Å². The van der Waals surface area contributed by atoms with Crippen LogP contribution < -0.4 is 21.3 Å². The minimum atomic E-state index is -1.44. The van der Waals surface area contributed by atoms with Crippen LogP contribution in [-0.2, 0) is 71.3 Å². The summed E-state index contributed by atoms with van der Waals surface area (Å²) in [5.41, 5.74) is 0. The number of ether oxygens (including phenoxy) is 10. The fraction of sp³-hybridized carbons (Fsp3) is 0.838. The monoisotopic (exact) mass is 1480 g/mol. The summed E-state index contributed by atoms with van der Waals surface area (Å²) in [5, 5.41) is 51.6. The zero-order valence-corrected chi connectivity index (χ0v) is 64.8. The lowest BCUT2D eigenvalue weighted by atomic mass is 9.97. The van der Waals surface area contributed by atoms with Crippen molar-refractivity contribution in [3.8, 4) is 0 Å². The molecular formula is C80H143N5O19. The van der Waals surface area contributed by atoms with Crippen molar-refractivity contribution >= 4 is 29.4 Å². The standard InChI is InChI=1S/C80H143N5O19/c1-6-8-10-12-14-16-18-20-22-24-26-28-30-32-34-40-46-80(47-41-35-33-31-29-27-25-23-21-19-17-15-13-11-9-7-2)101-64-68(104-80)62-85(50-42-36-38-44-70(89)81-48-52-95-54-56-97-58-60-99-78-72(83-66(4)87)76(93)74(91)65(3)102-78)51-43-37-39-45-71(90)82-49-53-96-55-57-98-59-61-100-79-73(84-67(5)88)77(94)75(92)69(63-86)103-79/h14-17,20-23,65,68-69,72-73,75-79,86,92-94H,6-13,18-19,24-64H2,1-5H3,(H,81,89)(H,82,90)(H,83,87)(H,84,88)/b16-14-,17-15-,22-20-,23-21-/t65?,68-,69?,72?,73?,75-,76?,77?,78+,79+/m0/s1. The smallest absolute Gasteiger partial charge is 0.220 e. The van der Waals surface area contributed by atoms with E-state index in [1.165, 1.54) is 136 Å². The normalized spacial score (nSPS) is 22.1. The number of carbonyl (C=O) groups is 5. The summed E-state index contributed by atoms with van der Waals surface area (Å²) >= 11 is 0. The number of aliphatic hydroxyl groups excluding tert-OH is 4. The largest absolute Gasteiger partial charge is 0.394 e. The van der Waals surface area contributed by atoms with Crippen molar-refractivity contribution < 1.29 is 91.8 Å². The number of nitrogens with zero attached hydrogens (tertiary/aromatic N) is 1. The Balaban J connectivity index is 1.46. The van der Waals surface area contributed by atoms with E-state index >= 15 is 0 Å². The molecule has 3 rings (SSSR count). The SMILES string of the molecule is CCCCC/C=C\C/C=C\CCCCCCCCC1(CCCCCCCC/C=C\C/C=C\CCCCC)OC[C@H](CN(CCCCCC(=O)NCCOCCOCCO[C@@H]2OC(C)C(=O)C(O)C2NC(C)=O)CCCCCC(=O)NCCOCCOCCO[C@@H]2OC(CO)[C@H](O)C(O)C2NC(C)=O)O1. The lowest BCUT2D eigenvalue weighted by molar-refractivity contribution is -0.272. The molecule has 0 aromatic carbocycles. The van der Waals surface area contributed by atoms with E-state index in [1.54, 1.807) is 0 Å². The molecule has 3 aliphatic heterocycles. The third-order valence-corrected chi connectivity index (χ3v) is 18.8. The lowest BCUT2D eigenvalue weighted by Gasteiger charge is -2.42. The Morgan fingerprint density at radius 2 is 0.923 bits per heavy atom. The van der Waals surface area contributed by atoms with Crippen molar-refractivity contribution in [1.29, 1.82) is 0 Å². The molecule has 24 nitrogen and oxygen atoms in total. The zero-order valence-electron chi connectivity index (χ0n) is 64.8. The maximum atomic E-state index is 12.9. The Bertz CT molecular complexity index is 2250. The highest BCUT2D eigenvalue weighted by Gasteiger charge is 2.46. The maximum absolute atomic E-state index is 12.9. The average Bonchev–Trinajstić information content (AvgIpc) is 0.923. The van der Waals surface area contributed by atoms with Gasteiger partial charge in [-0.1, -0.05) is 152 Å². The van der Waals surface area contributed by atoms with Crippen molar-refractivity contribution in [3.05, 3.63) is 48.6 Å². The summed E-state index contributed by atoms with van der Waals surface area (Å²) in [5.74, 6) is -2.00. The van der Waals surface area contributed by atoms with Crippen molar-refractivity contribution in [2.75, 3.05) is 112 Å². The number of rotatable bonds is 67. The second kappa shape index (κ2) is 62.8. The first kappa shape index (κ1) is 94.1. The van der Waals surface area contributed by atoms with Gasteiger partial charge >= 0.3 is 0 Å². The van der Waals surface area contributed by atoms with Gasteiger partial charge in [-0.05, 0) is 123 Å². The number of hydrogen-bond donors (Lipinski definition) is 8. The number of unbranched alkanes of at least 4 members (excludes halogenated alkanes) is 22. The van der Waals surface area contributed by atoms with E-state index < -0.39 is 85.2 Å². The molecule has 0 aromatic rings. The first-order valence-electron chi connectivity index (χ1n) is 40.4. The van der Waals surface area contributed by atoms with Gasteiger partial charge in [-0.25, -0.2) is 0 Å². The van der Waals surface area contributed by atoms with E-state index in [2.05, 4.69) is 88.6 Å². The van der Waals surface area contributed by atoms with Gasteiger partial charge in [-0.15, -0.1) is 0 Å². The Hall–Kier alpha value is -4.09. The van der Waals surface area contributed by atoms with Crippen LogP contribution in [0.5, 0.6) is 0 Å². The predicted octanol–water partition coefficient (Wildman–Crippen LogP) is 10.4. The van der Waals surface area contributed by atoms with Crippen LogP contribution >= 0.6 is 0 Å². The molecule has 3 fully saturated rings. The molecule has 6 unspecified atom stereocenters. The molecule has 0 radical (unpaired) electrons. The van der Waals surface area contributed by atoms with Crippen LogP contribution in [0.4, 0.5) is 0 Å². The van der Waals surface area contributed by atoms with E-state index in [1.807, 2.05) is 0 Å². The van der Waals surface area contributed by atoms with E-state index in [0.717, 1.165) is 110 Å². The summed E-state index contributed by atoms with van der Waals surface area (Å²) in [6.07, 6.45) is 47.0. The van der Waals surface area contributed by atoms with Gasteiger partial charge in [0.25, 0.3) is 0 Å². The molecule has 3 heterocycles. The Morgan fingerprint density at radius 1 is 0.510 bits per heavy atom. The van der Waals surface area contributed by atoms with Crippen LogP contribution in [0.2, 0.25) is 0 Å². The molecule has 4 amide bonds. The number of hydrogen-bond acceptors (Lipinski definition) is 20. The van der Waals surface area contributed by atoms with Crippen molar-refractivity contribution in [1.82, 2.24) is 26.2 Å². The zero-order chi connectivity index (χ0) is 75.4. The van der Waals surface area contributed by atoms with Gasteiger partial charge in [0.2, 0.25) is 23.6 Å². The molecule has 104 heavy (non-hydrogen) atoms. The van der Waals surface area contributed by atoms with E-state index in [4.69, 9.17) is 47.4 Å². The molecule has 0 aliphatic carbocycles. The topological polar surface area (TPSA) is 310 Å². The maximum Gasteiger partial charge on any atom is 0.220 e. The fourth-order valence-corrected chi connectivity index (χ4v) is 12.9. The Labute approximate surface area is 625 Å². The molecule has 3 aliphatic rings. The first-order chi connectivity index (χ1) is 50.6.